The standard InChI is InChI=1S/C27H30N2O/c1-22-26(19-11-12-20-30)29(21-28-22)27(23-13-5-2-6-14-23,24-15-7-3-8-16-24)25-17-9-4-10-18-25/h2-10,13-18,28,30H,11-12,19-21H2,1H3. The summed E-state index contributed by atoms with van der Waals surface area (Å²) in [5, 5.41) is 12.9. The highest BCUT2D eigenvalue weighted by Crippen LogP contribution is 2.46. The maximum Gasteiger partial charge on any atom is 0.118 e. The lowest BCUT2D eigenvalue weighted by Crippen LogP contribution is -2.47. The molecule has 0 bridgehead atoms. The third-order valence-corrected chi connectivity index (χ3v) is 6.06. The highest BCUT2D eigenvalue weighted by atomic mass is 16.2. The smallest absolute Gasteiger partial charge is 0.118 e. The predicted molar refractivity (Wildman–Crippen MR) is 123 cm³/mol. The minimum atomic E-state index is -0.441. The first kappa shape index (κ1) is 20.2. The molecule has 3 aromatic rings. The van der Waals surface area contributed by atoms with Gasteiger partial charge in [0.15, 0.2) is 0 Å². The molecular formula is C27H30N2O. The SMILES string of the molecule is CC1=C(CCCCO)N(C(c2ccccc2)(c2ccccc2)c2ccccc2)CN1. The minimum absolute atomic E-state index is 0.237. The van der Waals surface area contributed by atoms with E-state index in [4.69, 9.17) is 0 Å². The van der Waals surface area contributed by atoms with Gasteiger partial charge < -0.3 is 15.3 Å². The molecule has 0 spiro atoms. The van der Waals surface area contributed by atoms with Gasteiger partial charge in [-0.25, -0.2) is 0 Å². The van der Waals surface area contributed by atoms with E-state index in [1.54, 1.807) is 0 Å². The summed E-state index contributed by atoms with van der Waals surface area (Å²) in [6.07, 6.45) is 2.73. The average Bonchev–Trinajstić information content (AvgIpc) is 3.17. The molecule has 0 saturated carbocycles. The second-order valence-corrected chi connectivity index (χ2v) is 7.82. The fourth-order valence-electron chi connectivity index (χ4n) is 4.65. The van der Waals surface area contributed by atoms with E-state index in [0.29, 0.717) is 0 Å². The van der Waals surface area contributed by atoms with Crippen LogP contribution in [0.4, 0.5) is 0 Å². The molecule has 1 aliphatic rings. The Bertz CT molecular complexity index is 871. The van der Waals surface area contributed by atoms with Crippen molar-refractivity contribution in [1.82, 2.24) is 10.2 Å². The van der Waals surface area contributed by atoms with E-state index >= 15 is 0 Å². The van der Waals surface area contributed by atoms with Gasteiger partial charge in [-0.2, -0.15) is 0 Å². The number of nitrogens with zero attached hydrogens (tertiary/aromatic N) is 1. The number of unbranched alkanes of at least 4 members (excludes halogenated alkanes) is 1. The summed E-state index contributed by atoms with van der Waals surface area (Å²) in [7, 11) is 0. The summed E-state index contributed by atoms with van der Waals surface area (Å²) in [5.74, 6) is 0. The van der Waals surface area contributed by atoms with Gasteiger partial charge in [0.25, 0.3) is 0 Å². The molecule has 1 aliphatic heterocycles. The number of allylic oxidation sites excluding steroid dienone is 2. The summed E-state index contributed by atoms with van der Waals surface area (Å²) in [4.78, 5) is 2.53. The van der Waals surface area contributed by atoms with E-state index < -0.39 is 5.54 Å². The normalized spacial score (nSPS) is 14.1. The molecule has 1 heterocycles. The van der Waals surface area contributed by atoms with Gasteiger partial charge in [0, 0.05) is 18.0 Å². The number of aliphatic hydroxyl groups is 1. The number of hydrogen-bond acceptors (Lipinski definition) is 3. The Balaban J connectivity index is 1.96. The highest BCUT2D eigenvalue weighted by molar-refractivity contribution is 5.51. The van der Waals surface area contributed by atoms with E-state index in [0.717, 1.165) is 25.9 Å². The number of benzene rings is 3. The van der Waals surface area contributed by atoms with Crippen molar-refractivity contribution in [3.05, 3.63) is 119 Å². The van der Waals surface area contributed by atoms with E-state index in [1.165, 1.54) is 28.1 Å². The third kappa shape index (κ3) is 3.61. The van der Waals surface area contributed by atoms with Crippen molar-refractivity contribution < 1.29 is 5.11 Å². The zero-order chi connectivity index (χ0) is 20.8. The quantitative estimate of drug-likeness (QED) is 0.403. The molecule has 0 unspecified atom stereocenters. The molecule has 3 heteroatoms. The van der Waals surface area contributed by atoms with Crippen LogP contribution in [0.15, 0.2) is 102 Å². The fraction of sp³-hybridized carbons (Fsp3) is 0.259. The zero-order valence-corrected chi connectivity index (χ0v) is 17.6. The van der Waals surface area contributed by atoms with Crippen molar-refractivity contribution in [2.24, 2.45) is 0 Å². The largest absolute Gasteiger partial charge is 0.396 e. The fourth-order valence-corrected chi connectivity index (χ4v) is 4.65. The van der Waals surface area contributed by atoms with Crippen LogP contribution in [0.2, 0.25) is 0 Å². The van der Waals surface area contributed by atoms with E-state index in [1.807, 2.05) is 0 Å². The first-order valence-electron chi connectivity index (χ1n) is 10.8. The van der Waals surface area contributed by atoms with Gasteiger partial charge in [-0.3, -0.25) is 0 Å². The maximum atomic E-state index is 9.32. The van der Waals surface area contributed by atoms with Crippen LogP contribution in [0.1, 0.15) is 42.9 Å². The molecule has 0 aliphatic carbocycles. The molecule has 0 saturated heterocycles. The topological polar surface area (TPSA) is 35.5 Å². The molecule has 3 aromatic carbocycles. The van der Waals surface area contributed by atoms with Gasteiger partial charge in [-0.1, -0.05) is 91.0 Å². The molecule has 154 valence electrons. The summed E-state index contributed by atoms with van der Waals surface area (Å²) >= 11 is 0. The van der Waals surface area contributed by atoms with Gasteiger partial charge in [-0.05, 0) is 42.9 Å². The van der Waals surface area contributed by atoms with Crippen LogP contribution in [0.25, 0.3) is 0 Å². The van der Waals surface area contributed by atoms with Gasteiger partial charge in [0.05, 0.1) is 6.67 Å². The molecule has 0 radical (unpaired) electrons. The molecular weight excluding hydrogens is 368 g/mol. The Morgan fingerprint density at radius 3 is 1.67 bits per heavy atom. The summed E-state index contributed by atoms with van der Waals surface area (Å²) in [6, 6.07) is 32.4. The second kappa shape index (κ2) is 9.19. The van der Waals surface area contributed by atoms with Gasteiger partial charge in [0.1, 0.15) is 5.54 Å². The lowest BCUT2D eigenvalue weighted by Gasteiger charge is -2.46. The lowest BCUT2D eigenvalue weighted by molar-refractivity contribution is 0.211. The number of rotatable bonds is 8. The molecule has 0 atom stereocenters. The number of aliphatic hydroxyl groups excluding tert-OH is 1. The first-order chi connectivity index (χ1) is 14.8. The third-order valence-electron chi connectivity index (χ3n) is 6.06. The zero-order valence-electron chi connectivity index (χ0n) is 17.6. The summed E-state index contributed by atoms with van der Waals surface area (Å²) in [5.41, 5.74) is 5.85. The first-order valence-corrected chi connectivity index (χ1v) is 10.8. The Morgan fingerprint density at radius 2 is 1.23 bits per heavy atom. The van der Waals surface area contributed by atoms with E-state index in [9.17, 15) is 5.11 Å². The molecule has 0 aromatic heterocycles. The Hall–Kier alpha value is -3.04. The molecule has 0 amide bonds. The van der Waals surface area contributed by atoms with Crippen molar-refractivity contribution >= 4 is 0 Å². The van der Waals surface area contributed by atoms with Crippen molar-refractivity contribution in [3.63, 3.8) is 0 Å². The van der Waals surface area contributed by atoms with E-state index in [-0.39, 0.29) is 6.61 Å². The lowest BCUT2D eigenvalue weighted by atomic mass is 9.75. The molecule has 0 fully saturated rings. The number of hydrogen-bond donors (Lipinski definition) is 2. The van der Waals surface area contributed by atoms with Gasteiger partial charge in [0.2, 0.25) is 0 Å². The van der Waals surface area contributed by atoms with Crippen molar-refractivity contribution in [2.45, 2.75) is 31.7 Å². The van der Waals surface area contributed by atoms with Crippen molar-refractivity contribution in [3.8, 4) is 0 Å². The summed E-state index contributed by atoms with van der Waals surface area (Å²) in [6.45, 7) is 3.15. The Morgan fingerprint density at radius 1 is 0.767 bits per heavy atom. The summed E-state index contributed by atoms with van der Waals surface area (Å²) < 4.78 is 0. The van der Waals surface area contributed by atoms with Gasteiger partial charge >= 0.3 is 0 Å². The van der Waals surface area contributed by atoms with Gasteiger partial charge in [-0.15, -0.1) is 0 Å². The van der Waals surface area contributed by atoms with E-state index in [2.05, 4.69) is 108 Å². The van der Waals surface area contributed by atoms with Crippen LogP contribution in [-0.4, -0.2) is 23.3 Å². The Kier molecular flexibility index (Phi) is 6.20. The van der Waals surface area contributed by atoms with Crippen molar-refractivity contribution in [1.29, 1.82) is 0 Å². The molecule has 30 heavy (non-hydrogen) atoms. The van der Waals surface area contributed by atoms with Crippen LogP contribution in [0.3, 0.4) is 0 Å². The highest BCUT2D eigenvalue weighted by Gasteiger charge is 2.44. The predicted octanol–water partition coefficient (Wildman–Crippen LogP) is 5.24. The van der Waals surface area contributed by atoms with Crippen molar-refractivity contribution in [2.75, 3.05) is 13.3 Å². The maximum absolute atomic E-state index is 9.32. The molecule has 2 N–H and O–H groups in total. The monoisotopic (exact) mass is 398 g/mol. The number of nitrogens with one attached hydrogen (secondary N) is 1. The molecule has 3 nitrogen and oxygen atoms in total. The Labute approximate surface area is 179 Å². The van der Waals surface area contributed by atoms with Crippen LogP contribution in [-0.2, 0) is 5.54 Å². The second-order valence-electron chi connectivity index (χ2n) is 7.82. The molecule has 4 rings (SSSR count). The van der Waals surface area contributed by atoms with Crippen LogP contribution >= 0.6 is 0 Å². The average molecular weight is 399 g/mol. The van der Waals surface area contributed by atoms with Crippen LogP contribution < -0.4 is 5.32 Å². The van der Waals surface area contributed by atoms with Crippen LogP contribution in [0.5, 0.6) is 0 Å². The van der Waals surface area contributed by atoms with Crippen LogP contribution in [0, 0.1) is 0 Å². The minimum Gasteiger partial charge on any atom is -0.396 e.